The molecule has 0 aliphatic carbocycles. The van der Waals surface area contributed by atoms with Crippen LogP contribution in [0.25, 0.3) is 0 Å². The van der Waals surface area contributed by atoms with Gasteiger partial charge in [-0.1, -0.05) is 23.7 Å². The lowest BCUT2D eigenvalue weighted by atomic mass is 10.2. The van der Waals surface area contributed by atoms with E-state index in [1.54, 1.807) is 36.4 Å². The van der Waals surface area contributed by atoms with Crippen molar-refractivity contribution in [3.63, 3.8) is 0 Å². The van der Waals surface area contributed by atoms with E-state index in [1.807, 2.05) is 11.0 Å². The van der Waals surface area contributed by atoms with E-state index >= 15 is 0 Å². The highest BCUT2D eigenvalue weighted by Gasteiger charge is 2.27. The van der Waals surface area contributed by atoms with E-state index in [9.17, 15) is 8.42 Å². The third-order valence-corrected chi connectivity index (χ3v) is 6.20. The zero-order chi connectivity index (χ0) is 17.9. The SMILES string of the molecule is N#Cc1ccc(N2CCN(S(=O)(=O)Cc3ccc(Cl)cc3)CC2)nc1. The van der Waals surface area contributed by atoms with Gasteiger partial charge in [0.1, 0.15) is 11.9 Å². The van der Waals surface area contributed by atoms with Crippen LogP contribution in [0, 0.1) is 11.3 Å². The summed E-state index contributed by atoms with van der Waals surface area (Å²) in [6, 6.07) is 12.4. The summed E-state index contributed by atoms with van der Waals surface area (Å²) in [5, 5.41) is 9.40. The van der Waals surface area contributed by atoms with Crippen molar-refractivity contribution in [3.05, 3.63) is 58.7 Å². The standard InChI is InChI=1S/C17H17ClN4O2S/c18-16-4-1-14(2-5-16)13-25(23,24)22-9-7-21(8-10-22)17-6-3-15(11-19)12-20-17/h1-6,12H,7-10,13H2. The maximum Gasteiger partial charge on any atom is 0.218 e. The molecule has 0 amide bonds. The molecule has 130 valence electrons. The minimum absolute atomic E-state index is 0.0285. The van der Waals surface area contributed by atoms with Crippen LogP contribution in [-0.2, 0) is 15.8 Å². The molecule has 0 spiro atoms. The molecule has 8 heteroatoms. The van der Waals surface area contributed by atoms with Crippen LogP contribution in [0.1, 0.15) is 11.1 Å². The monoisotopic (exact) mass is 376 g/mol. The second kappa shape index (κ2) is 7.40. The van der Waals surface area contributed by atoms with E-state index in [2.05, 4.69) is 4.98 Å². The molecule has 0 radical (unpaired) electrons. The van der Waals surface area contributed by atoms with Crippen molar-refractivity contribution in [1.29, 1.82) is 5.26 Å². The number of pyridine rings is 1. The molecule has 6 nitrogen and oxygen atoms in total. The molecular formula is C17H17ClN4O2S. The molecule has 3 rings (SSSR count). The highest BCUT2D eigenvalue weighted by atomic mass is 35.5. The van der Waals surface area contributed by atoms with E-state index in [0.717, 1.165) is 11.4 Å². The summed E-state index contributed by atoms with van der Waals surface area (Å²) in [4.78, 5) is 6.28. The summed E-state index contributed by atoms with van der Waals surface area (Å²) >= 11 is 5.84. The van der Waals surface area contributed by atoms with Crippen LogP contribution in [0.4, 0.5) is 5.82 Å². The molecule has 1 aliphatic heterocycles. The molecule has 0 N–H and O–H groups in total. The Morgan fingerprint density at radius 3 is 2.32 bits per heavy atom. The van der Waals surface area contributed by atoms with Gasteiger partial charge in [0.25, 0.3) is 0 Å². The fourth-order valence-corrected chi connectivity index (χ4v) is 4.36. The van der Waals surface area contributed by atoms with Crippen LogP contribution in [0.15, 0.2) is 42.6 Å². The van der Waals surface area contributed by atoms with Crippen molar-refractivity contribution in [2.45, 2.75) is 5.75 Å². The van der Waals surface area contributed by atoms with Gasteiger partial charge < -0.3 is 4.90 Å². The number of aromatic nitrogens is 1. The number of halogens is 1. The molecular weight excluding hydrogens is 360 g/mol. The van der Waals surface area contributed by atoms with Gasteiger partial charge in [-0.25, -0.2) is 13.4 Å². The van der Waals surface area contributed by atoms with Gasteiger partial charge in [0, 0.05) is 37.4 Å². The van der Waals surface area contributed by atoms with Crippen molar-refractivity contribution >= 4 is 27.4 Å². The Morgan fingerprint density at radius 1 is 1.08 bits per heavy atom. The molecule has 0 bridgehead atoms. The maximum absolute atomic E-state index is 12.6. The fourth-order valence-electron chi connectivity index (χ4n) is 2.72. The molecule has 1 fully saturated rings. The van der Waals surface area contributed by atoms with Crippen LogP contribution in [0.3, 0.4) is 0 Å². The van der Waals surface area contributed by atoms with E-state index in [-0.39, 0.29) is 5.75 Å². The molecule has 1 saturated heterocycles. The van der Waals surface area contributed by atoms with Gasteiger partial charge >= 0.3 is 0 Å². The molecule has 25 heavy (non-hydrogen) atoms. The third kappa shape index (κ3) is 4.28. The molecule has 1 aromatic carbocycles. The fraction of sp³-hybridized carbons (Fsp3) is 0.294. The Balaban J connectivity index is 1.62. The van der Waals surface area contributed by atoms with Crippen LogP contribution in [0.2, 0.25) is 5.02 Å². The van der Waals surface area contributed by atoms with Gasteiger partial charge in [-0.05, 0) is 29.8 Å². The first kappa shape index (κ1) is 17.7. The van der Waals surface area contributed by atoms with Gasteiger partial charge in [0.2, 0.25) is 10.0 Å². The van der Waals surface area contributed by atoms with Crippen LogP contribution in [-0.4, -0.2) is 43.9 Å². The van der Waals surface area contributed by atoms with Crippen molar-refractivity contribution in [3.8, 4) is 6.07 Å². The minimum Gasteiger partial charge on any atom is -0.354 e. The van der Waals surface area contributed by atoms with Crippen molar-refractivity contribution in [1.82, 2.24) is 9.29 Å². The van der Waals surface area contributed by atoms with Gasteiger partial charge in [-0.3, -0.25) is 0 Å². The number of anilines is 1. The van der Waals surface area contributed by atoms with Crippen molar-refractivity contribution in [2.75, 3.05) is 31.1 Å². The summed E-state index contributed by atoms with van der Waals surface area (Å²) in [6.07, 6.45) is 1.53. The zero-order valence-corrected chi connectivity index (χ0v) is 15.0. The van der Waals surface area contributed by atoms with E-state index in [0.29, 0.717) is 36.8 Å². The largest absolute Gasteiger partial charge is 0.354 e. The Labute approximate surface area is 152 Å². The minimum atomic E-state index is -3.37. The predicted octanol–water partition coefficient (Wildman–Crippen LogP) is 2.26. The topological polar surface area (TPSA) is 77.3 Å². The molecule has 0 atom stereocenters. The number of hydrogen-bond acceptors (Lipinski definition) is 5. The molecule has 1 aliphatic rings. The second-order valence-electron chi connectivity index (χ2n) is 5.79. The number of nitrogens with zero attached hydrogens (tertiary/aromatic N) is 4. The van der Waals surface area contributed by atoms with Gasteiger partial charge in [-0.15, -0.1) is 0 Å². The summed E-state index contributed by atoms with van der Waals surface area (Å²) in [5.41, 5.74) is 1.23. The Kier molecular flexibility index (Phi) is 5.23. The van der Waals surface area contributed by atoms with E-state index in [1.165, 1.54) is 10.5 Å². The molecule has 1 aromatic heterocycles. The van der Waals surface area contributed by atoms with Crippen LogP contribution < -0.4 is 4.90 Å². The quantitative estimate of drug-likeness (QED) is 0.817. The van der Waals surface area contributed by atoms with Crippen LogP contribution >= 0.6 is 11.6 Å². The number of piperazine rings is 1. The zero-order valence-electron chi connectivity index (χ0n) is 13.5. The first-order valence-electron chi connectivity index (χ1n) is 7.81. The Bertz CT molecular complexity index is 868. The maximum atomic E-state index is 12.6. The van der Waals surface area contributed by atoms with E-state index < -0.39 is 10.0 Å². The van der Waals surface area contributed by atoms with Gasteiger partial charge in [0.15, 0.2) is 0 Å². The molecule has 2 aromatic rings. The Morgan fingerprint density at radius 2 is 1.76 bits per heavy atom. The van der Waals surface area contributed by atoms with E-state index in [4.69, 9.17) is 16.9 Å². The Hall–Kier alpha value is -2.14. The lowest BCUT2D eigenvalue weighted by Crippen LogP contribution is -2.49. The smallest absolute Gasteiger partial charge is 0.218 e. The second-order valence-corrected chi connectivity index (χ2v) is 8.19. The summed E-state index contributed by atoms with van der Waals surface area (Å²) < 4.78 is 26.7. The van der Waals surface area contributed by atoms with Crippen molar-refractivity contribution in [2.24, 2.45) is 0 Å². The lowest BCUT2D eigenvalue weighted by molar-refractivity contribution is 0.383. The number of nitriles is 1. The number of benzene rings is 1. The third-order valence-electron chi connectivity index (χ3n) is 4.10. The number of sulfonamides is 1. The molecule has 0 unspecified atom stereocenters. The van der Waals surface area contributed by atoms with Crippen molar-refractivity contribution < 1.29 is 8.42 Å². The lowest BCUT2D eigenvalue weighted by Gasteiger charge is -2.34. The summed E-state index contributed by atoms with van der Waals surface area (Å²) in [6.45, 7) is 1.96. The van der Waals surface area contributed by atoms with Gasteiger partial charge in [0.05, 0.1) is 11.3 Å². The van der Waals surface area contributed by atoms with Gasteiger partial charge in [-0.2, -0.15) is 9.57 Å². The first-order chi connectivity index (χ1) is 12.0. The average molecular weight is 377 g/mol. The van der Waals surface area contributed by atoms with Crippen LogP contribution in [0.5, 0.6) is 0 Å². The number of rotatable bonds is 4. The average Bonchev–Trinajstić information content (AvgIpc) is 2.64. The predicted molar refractivity (Wildman–Crippen MR) is 96.8 cm³/mol. The molecule has 2 heterocycles. The number of hydrogen-bond donors (Lipinski definition) is 0. The summed E-state index contributed by atoms with van der Waals surface area (Å²) in [5.74, 6) is 0.730. The highest BCUT2D eigenvalue weighted by molar-refractivity contribution is 7.88. The molecule has 0 saturated carbocycles. The highest BCUT2D eigenvalue weighted by Crippen LogP contribution is 2.18. The first-order valence-corrected chi connectivity index (χ1v) is 9.80. The summed E-state index contributed by atoms with van der Waals surface area (Å²) in [7, 11) is -3.37. The normalized spacial score (nSPS) is 15.8.